The van der Waals surface area contributed by atoms with Crippen LogP contribution in [0.2, 0.25) is 0 Å². The summed E-state index contributed by atoms with van der Waals surface area (Å²) in [6, 6.07) is 10.5. The first-order chi connectivity index (χ1) is 14.1. The van der Waals surface area contributed by atoms with Crippen LogP contribution in [-0.2, 0) is 24.1 Å². The number of hydrogen-bond acceptors (Lipinski definition) is 4. The van der Waals surface area contributed by atoms with E-state index in [0.29, 0.717) is 6.54 Å². The smallest absolute Gasteiger partial charge is 0.173 e. The third kappa shape index (κ3) is 6.04. The minimum Gasteiger partial charge on any atom is -0.464 e. The number of nitrogens with one attached hydrogen (secondary N) is 1. The van der Waals surface area contributed by atoms with Crippen molar-refractivity contribution in [3.05, 3.63) is 53.0 Å². The molecule has 158 valence electrons. The number of anilines is 1. The van der Waals surface area contributed by atoms with Gasteiger partial charge >= 0.3 is 0 Å². The number of benzene rings is 1. The van der Waals surface area contributed by atoms with Crippen LogP contribution in [0.1, 0.15) is 36.5 Å². The van der Waals surface area contributed by atoms with E-state index in [9.17, 15) is 0 Å². The molecular weight excluding hydrogens is 382 g/mol. The molecular formula is C23H33N3O2S. The summed E-state index contributed by atoms with van der Waals surface area (Å²) in [7, 11) is 0. The predicted octanol–water partition coefficient (Wildman–Crippen LogP) is 4.24. The molecule has 2 heterocycles. The van der Waals surface area contributed by atoms with Gasteiger partial charge in [-0.15, -0.1) is 0 Å². The monoisotopic (exact) mass is 415 g/mol. The number of ether oxygens (including phenoxy) is 1. The first kappa shape index (κ1) is 21.8. The average molecular weight is 416 g/mol. The number of thiocarbonyl (C=S) groups is 1. The Morgan fingerprint density at radius 2 is 1.79 bits per heavy atom. The Hall–Kier alpha value is -1.89. The lowest BCUT2D eigenvalue weighted by Gasteiger charge is -2.31. The van der Waals surface area contributed by atoms with E-state index < -0.39 is 0 Å². The van der Waals surface area contributed by atoms with Crippen molar-refractivity contribution in [1.29, 1.82) is 0 Å². The lowest BCUT2D eigenvalue weighted by atomic mass is 10.0. The molecule has 0 amide bonds. The Morgan fingerprint density at radius 1 is 1.10 bits per heavy atom. The van der Waals surface area contributed by atoms with Gasteiger partial charge in [-0.3, -0.25) is 4.90 Å². The largest absolute Gasteiger partial charge is 0.464 e. The highest BCUT2D eigenvalue weighted by atomic mass is 32.1. The highest BCUT2D eigenvalue weighted by Crippen LogP contribution is 2.23. The van der Waals surface area contributed by atoms with E-state index >= 15 is 0 Å². The first-order valence-electron chi connectivity index (χ1n) is 10.6. The van der Waals surface area contributed by atoms with Crippen LogP contribution in [0.4, 0.5) is 5.69 Å². The van der Waals surface area contributed by atoms with Gasteiger partial charge in [0.05, 0.1) is 19.8 Å². The molecule has 0 spiro atoms. The summed E-state index contributed by atoms with van der Waals surface area (Å²) in [6.07, 6.45) is 1.95. The lowest BCUT2D eigenvalue weighted by Crippen LogP contribution is -2.44. The topological polar surface area (TPSA) is 40.9 Å². The normalized spacial score (nSPS) is 14.7. The van der Waals surface area contributed by atoms with Gasteiger partial charge in [-0.2, -0.15) is 0 Å². The van der Waals surface area contributed by atoms with Gasteiger partial charge in [0.15, 0.2) is 5.11 Å². The molecule has 29 heavy (non-hydrogen) atoms. The van der Waals surface area contributed by atoms with Crippen LogP contribution in [0.15, 0.2) is 34.7 Å². The summed E-state index contributed by atoms with van der Waals surface area (Å²) in [5.41, 5.74) is 3.76. The van der Waals surface area contributed by atoms with Crippen molar-refractivity contribution in [2.24, 2.45) is 0 Å². The van der Waals surface area contributed by atoms with Crippen molar-refractivity contribution in [2.75, 3.05) is 44.7 Å². The second-order valence-electron chi connectivity index (χ2n) is 7.48. The summed E-state index contributed by atoms with van der Waals surface area (Å²) < 4.78 is 11.3. The number of para-hydroxylation sites is 1. The maximum atomic E-state index is 5.88. The van der Waals surface area contributed by atoms with Crippen LogP contribution in [0.3, 0.4) is 0 Å². The van der Waals surface area contributed by atoms with Crippen LogP contribution < -0.4 is 5.32 Å². The van der Waals surface area contributed by atoms with Gasteiger partial charge in [-0.25, -0.2) is 0 Å². The zero-order valence-electron chi connectivity index (χ0n) is 17.9. The molecule has 1 aromatic carbocycles. The van der Waals surface area contributed by atoms with Gasteiger partial charge in [-0.05, 0) is 55.2 Å². The SMILES string of the molecule is CCc1cccc(CC)c1NC(=S)N(CCN1CCOCC1)Cc1ccc(C)o1. The quantitative estimate of drug-likeness (QED) is 0.650. The summed E-state index contributed by atoms with van der Waals surface area (Å²) >= 11 is 5.88. The van der Waals surface area contributed by atoms with Crippen molar-refractivity contribution in [3.8, 4) is 0 Å². The van der Waals surface area contributed by atoms with Crippen LogP contribution in [0.25, 0.3) is 0 Å². The fourth-order valence-corrected chi connectivity index (χ4v) is 3.94. The number of aryl methyl sites for hydroxylation is 3. The number of hydrogen-bond donors (Lipinski definition) is 1. The third-order valence-corrected chi connectivity index (χ3v) is 5.81. The fraction of sp³-hybridized carbons (Fsp3) is 0.522. The fourth-order valence-electron chi connectivity index (χ4n) is 3.69. The minimum atomic E-state index is 0.666. The van der Waals surface area contributed by atoms with Crippen molar-refractivity contribution in [1.82, 2.24) is 9.80 Å². The third-order valence-electron chi connectivity index (χ3n) is 5.45. The van der Waals surface area contributed by atoms with Crippen molar-refractivity contribution >= 4 is 23.0 Å². The van der Waals surface area contributed by atoms with Crippen LogP contribution in [0, 0.1) is 6.92 Å². The second kappa shape index (κ2) is 10.8. The van der Waals surface area contributed by atoms with E-state index in [1.165, 1.54) is 11.1 Å². The Balaban J connectivity index is 1.74. The molecule has 1 fully saturated rings. The molecule has 0 radical (unpaired) electrons. The average Bonchev–Trinajstić information content (AvgIpc) is 3.16. The molecule has 0 atom stereocenters. The maximum absolute atomic E-state index is 5.88. The predicted molar refractivity (Wildman–Crippen MR) is 123 cm³/mol. The van der Waals surface area contributed by atoms with Crippen LogP contribution >= 0.6 is 12.2 Å². The molecule has 5 nitrogen and oxygen atoms in total. The summed E-state index contributed by atoms with van der Waals surface area (Å²) in [6.45, 7) is 12.4. The zero-order valence-corrected chi connectivity index (χ0v) is 18.7. The summed E-state index contributed by atoms with van der Waals surface area (Å²) in [5.74, 6) is 1.87. The number of nitrogens with zero attached hydrogens (tertiary/aromatic N) is 2. The van der Waals surface area contributed by atoms with Crippen molar-refractivity contribution in [2.45, 2.75) is 40.2 Å². The maximum Gasteiger partial charge on any atom is 0.173 e. The highest BCUT2D eigenvalue weighted by Gasteiger charge is 2.18. The van der Waals surface area contributed by atoms with Crippen molar-refractivity contribution in [3.63, 3.8) is 0 Å². The van der Waals surface area contributed by atoms with Gasteiger partial charge in [0, 0.05) is 31.9 Å². The standard InChI is InChI=1S/C23H33N3O2S/c1-4-19-7-6-8-20(5-2)22(19)24-23(29)26(17-21-10-9-18(3)28-21)12-11-25-13-15-27-16-14-25/h6-10H,4-5,11-17H2,1-3H3,(H,24,29). The molecule has 0 bridgehead atoms. The van der Waals surface area contributed by atoms with E-state index in [0.717, 1.165) is 74.6 Å². The molecule has 0 unspecified atom stereocenters. The van der Waals surface area contributed by atoms with E-state index in [1.54, 1.807) is 0 Å². The van der Waals surface area contributed by atoms with Gasteiger partial charge in [0.2, 0.25) is 0 Å². The number of furan rings is 1. The Labute approximate surface area is 180 Å². The van der Waals surface area contributed by atoms with Crippen LogP contribution in [-0.4, -0.2) is 54.3 Å². The highest BCUT2D eigenvalue weighted by molar-refractivity contribution is 7.80. The van der Waals surface area contributed by atoms with E-state index in [2.05, 4.69) is 47.2 Å². The summed E-state index contributed by atoms with van der Waals surface area (Å²) in [5, 5.41) is 4.32. The summed E-state index contributed by atoms with van der Waals surface area (Å²) in [4.78, 5) is 4.65. The molecule has 1 aliphatic rings. The molecule has 2 aromatic rings. The van der Waals surface area contributed by atoms with Gasteiger partial charge in [-0.1, -0.05) is 32.0 Å². The molecule has 1 aliphatic heterocycles. The second-order valence-corrected chi connectivity index (χ2v) is 7.86. The van der Waals surface area contributed by atoms with Gasteiger partial charge in [0.1, 0.15) is 11.5 Å². The van der Waals surface area contributed by atoms with E-state index in [1.807, 2.05) is 19.1 Å². The Morgan fingerprint density at radius 3 is 2.38 bits per heavy atom. The molecule has 6 heteroatoms. The Kier molecular flexibility index (Phi) is 8.09. The molecule has 0 saturated carbocycles. The van der Waals surface area contributed by atoms with Gasteiger partial charge in [0.25, 0.3) is 0 Å². The van der Waals surface area contributed by atoms with E-state index in [-0.39, 0.29) is 0 Å². The van der Waals surface area contributed by atoms with Crippen LogP contribution in [0.5, 0.6) is 0 Å². The van der Waals surface area contributed by atoms with Gasteiger partial charge < -0.3 is 19.4 Å². The molecule has 3 rings (SSSR count). The Bertz CT molecular complexity index is 777. The molecule has 1 saturated heterocycles. The lowest BCUT2D eigenvalue weighted by molar-refractivity contribution is 0.0356. The van der Waals surface area contributed by atoms with Crippen molar-refractivity contribution < 1.29 is 9.15 Å². The molecule has 0 aliphatic carbocycles. The minimum absolute atomic E-state index is 0.666. The first-order valence-corrected chi connectivity index (χ1v) is 11.0. The zero-order chi connectivity index (χ0) is 20.6. The number of rotatable bonds is 8. The molecule has 1 aromatic heterocycles. The molecule has 1 N–H and O–H groups in total. The number of morpholine rings is 1. The van der Waals surface area contributed by atoms with E-state index in [4.69, 9.17) is 21.4 Å².